The number of hydrogen-bond donors (Lipinski definition) is 2. The molecule has 0 fully saturated rings. The summed E-state index contributed by atoms with van der Waals surface area (Å²) in [5.74, 6) is 1.15. The molecule has 0 radical (unpaired) electrons. The largest absolute Gasteiger partial charge is 0.493 e. The van der Waals surface area contributed by atoms with Gasteiger partial charge >= 0.3 is 0 Å². The highest BCUT2D eigenvalue weighted by Crippen LogP contribution is 2.34. The molecule has 0 aromatic heterocycles. The van der Waals surface area contributed by atoms with Crippen molar-refractivity contribution >= 4 is 28.9 Å². The number of nitrogens with two attached hydrogens (primary N) is 1. The first kappa shape index (κ1) is 16.8. The van der Waals surface area contributed by atoms with E-state index in [4.69, 9.17) is 31.5 Å². The van der Waals surface area contributed by atoms with Crippen molar-refractivity contribution in [2.24, 2.45) is 0 Å². The fourth-order valence-electron chi connectivity index (χ4n) is 1.87. The maximum atomic E-state index is 12.0. The molecular weight excluding hydrogens is 320 g/mol. The van der Waals surface area contributed by atoms with Crippen molar-refractivity contribution in [1.82, 2.24) is 0 Å². The second kappa shape index (κ2) is 7.60. The standard InChI is InChI=1S/C16H17ClN2O4/c1-21-14-7-12(18)13(8-15(14)22-2)19-16(20)9-23-11-5-3-10(17)4-6-11/h3-8H,9,18H2,1-2H3,(H,19,20). The first-order chi connectivity index (χ1) is 11.0. The van der Waals surface area contributed by atoms with E-state index in [0.717, 1.165) is 0 Å². The number of ether oxygens (including phenoxy) is 3. The molecule has 2 aromatic rings. The van der Waals surface area contributed by atoms with E-state index >= 15 is 0 Å². The topological polar surface area (TPSA) is 82.8 Å². The second-order valence-electron chi connectivity index (χ2n) is 4.59. The molecule has 2 rings (SSSR count). The van der Waals surface area contributed by atoms with E-state index in [9.17, 15) is 4.79 Å². The van der Waals surface area contributed by atoms with E-state index in [-0.39, 0.29) is 12.5 Å². The van der Waals surface area contributed by atoms with Crippen molar-refractivity contribution in [3.63, 3.8) is 0 Å². The minimum atomic E-state index is -0.348. The third-order valence-corrected chi connectivity index (χ3v) is 3.27. The Bertz CT molecular complexity index is 689. The quantitative estimate of drug-likeness (QED) is 0.792. The lowest BCUT2D eigenvalue weighted by atomic mass is 10.2. The molecule has 0 atom stereocenters. The zero-order chi connectivity index (χ0) is 16.8. The summed E-state index contributed by atoms with van der Waals surface area (Å²) in [6.45, 7) is -0.157. The predicted octanol–water partition coefficient (Wildman–Crippen LogP) is 2.96. The molecule has 0 unspecified atom stereocenters. The van der Waals surface area contributed by atoms with Crippen LogP contribution in [0.25, 0.3) is 0 Å². The summed E-state index contributed by atoms with van der Waals surface area (Å²) in [7, 11) is 3.01. The molecule has 0 heterocycles. The normalized spacial score (nSPS) is 10.0. The van der Waals surface area contributed by atoms with Crippen LogP contribution in [0.4, 0.5) is 11.4 Å². The molecule has 0 saturated heterocycles. The number of hydrogen-bond acceptors (Lipinski definition) is 5. The van der Waals surface area contributed by atoms with Gasteiger partial charge in [0.25, 0.3) is 5.91 Å². The van der Waals surface area contributed by atoms with Crippen LogP contribution in [0.1, 0.15) is 0 Å². The Morgan fingerprint density at radius 3 is 2.35 bits per heavy atom. The van der Waals surface area contributed by atoms with Gasteiger partial charge in [-0.2, -0.15) is 0 Å². The summed E-state index contributed by atoms with van der Waals surface area (Å²) in [4.78, 5) is 12.0. The average Bonchev–Trinajstić information content (AvgIpc) is 2.55. The van der Waals surface area contributed by atoms with E-state index in [1.165, 1.54) is 14.2 Å². The Labute approximate surface area is 139 Å². The van der Waals surface area contributed by atoms with Crippen LogP contribution in [-0.2, 0) is 4.79 Å². The lowest BCUT2D eigenvalue weighted by Gasteiger charge is -2.13. The molecule has 3 N–H and O–H groups in total. The highest BCUT2D eigenvalue weighted by Gasteiger charge is 2.12. The number of benzene rings is 2. The van der Waals surface area contributed by atoms with Gasteiger partial charge in [-0.25, -0.2) is 0 Å². The number of amides is 1. The van der Waals surface area contributed by atoms with Crippen molar-refractivity contribution in [2.45, 2.75) is 0 Å². The summed E-state index contributed by atoms with van der Waals surface area (Å²) >= 11 is 5.78. The van der Waals surface area contributed by atoms with Crippen molar-refractivity contribution in [3.8, 4) is 17.2 Å². The minimum Gasteiger partial charge on any atom is -0.493 e. The van der Waals surface area contributed by atoms with Crippen LogP contribution in [0, 0.1) is 0 Å². The van der Waals surface area contributed by atoms with E-state index in [1.54, 1.807) is 36.4 Å². The Morgan fingerprint density at radius 1 is 1.13 bits per heavy atom. The van der Waals surface area contributed by atoms with E-state index in [0.29, 0.717) is 33.6 Å². The van der Waals surface area contributed by atoms with Crippen LogP contribution in [-0.4, -0.2) is 26.7 Å². The summed E-state index contributed by atoms with van der Waals surface area (Å²) in [5, 5.41) is 3.26. The van der Waals surface area contributed by atoms with Gasteiger partial charge in [0, 0.05) is 17.2 Å². The number of rotatable bonds is 6. The molecule has 6 nitrogen and oxygen atoms in total. The first-order valence-corrected chi connectivity index (χ1v) is 7.11. The Kier molecular flexibility index (Phi) is 5.54. The average molecular weight is 337 g/mol. The third-order valence-electron chi connectivity index (χ3n) is 3.01. The van der Waals surface area contributed by atoms with Gasteiger partial charge in [0.15, 0.2) is 18.1 Å². The summed E-state index contributed by atoms with van der Waals surface area (Å²) < 4.78 is 15.7. The van der Waals surface area contributed by atoms with Gasteiger partial charge in [-0.05, 0) is 24.3 Å². The van der Waals surface area contributed by atoms with Gasteiger partial charge < -0.3 is 25.3 Å². The summed E-state index contributed by atoms with van der Waals surface area (Å²) in [6, 6.07) is 9.89. The molecule has 0 spiro atoms. The minimum absolute atomic E-state index is 0.157. The van der Waals surface area contributed by atoms with E-state index in [2.05, 4.69) is 5.32 Å². The fourth-order valence-corrected chi connectivity index (χ4v) is 1.99. The molecule has 1 amide bonds. The van der Waals surface area contributed by atoms with E-state index in [1.807, 2.05) is 0 Å². The Balaban J connectivity index is 2.01. The number of nitrogen functional groups attached to an aromatic ring is 1. The molecular formula is C16H17ClN2O4. The van der Waals surface area contributed by atoms with Gasteiger partial charge in [-0.15, -0.1) is 0 Å². The second-order valence-corrected chi connectivity index (χ2v) is 5.02. The van der Waals surface area contributed by atoms with Crippen LogP contribution in [0.5, 0.6) is 17.2 Å². The first-order valence-electron chi connectivity index (χ1n) is 6.73. The molecule has 0 saturated carbocycles. The van der Waals surface area contributed by atoms with Gasteiger partial charge in [-0.1, -0.05) is 11.6 Å². The number of nitrogens with one attached hydrogen (secondary N) is 1. The SMILES string of the molecule is COc1cc(N)c(NC(=O)COc2ccc(Cl)cc2)cc1OC. The van der Waals surface area contributed by atoms with Crippen molar-refractivity contribution in [1.29, 1.82) is 0 Å². The van der Waals surface area contributed by atoms with Gasteiger partial charge in [0.1, 0.15) is 5.75 Å². The zero-order valence-corrected chi connectivity index (χ0v) is 13.5. The monoisotopic (exact) mass is 336 g/mol. The van der Waals surface area contributed by atoms with Crippen molar-refractivity contribution in [2.75, 3.05) is 31.9 Å². The van der Waals surface area contributed by atoms with Gasteiger partial charge in [-0.3, -0.25) is 4.79 Å². The molecule has 0 aliphatic carbocycles. The van der Waals surface area contributed by atoms with Crippen molar-refractivity contribution in [3.05, 3.63) is 41.4 Å². The fraction of sp³-hybridized carbons (Fsp3) is 0.188. The summed E-state index contributed by atoms with van der Waals surface area (Å²) in [6.07, 6.45) is 0. The lowest BCUT2D eigenvalue weighted by molar-refractivity contribution is -0.118. The molecule has 2 aromatic carbocycles. The molecule has 0 aliphatic heterocycles. The van der Waals surface area contributed by atoms with Crippen LogP contribution >= 0.6 is 11.6 Å². The molecule has 23 heavy (non-hydrogen) atoms. The van der Waals surface area contributed by atoms with Gasteiger partial charge in [0.05, 0.1) is 25.6 Å². The molecule has 0 bridgehead atoms. The Hall–Kier alpha value is -2.60. The summed E-state index contributed by atoms with van der Waals surface area (Å²) in [5.41, 5.74) is 6.67. The van der Waals surface area contributed by atoms with E-state index < -0.39 is 0 Å². The van der Waals surface area contributed by atoms with Crippen LogP contribution in [0.3, 0.4) is 0 Å². The highest BCUT2D eigenvalue weighted by atomic mass is 35.5. The number of anilines is 2. The highest BCUT2D eigenvalue weighted by molar-refractivity contribution is 6.30. The number of halogens is 1. The maximum Gasteiger partial charge on any atom is 0.262 e. The number of methoxy groups -OCH3 is 2. The number of carbonyl (C=O) groups is 1. The zero-order valence-electron chi connectivity index (χ0n) is 12.8. The van der Waals surface area contributed by atoms with Gasteiger partial charge in [0.2, 0.25) is 0 Å². The Morgan fingerprint density at radius 2 is 1.74 bits per heavy atom. The maximum absolute atomic E-state index is 12.0. The predicted molar refractivity (Wildman–Crippen MR) is 89.5 cm³/mol. The van der Waals surface area contributed by atoms with Crippen LogP contribution < -0.4 is 25.3 Å². The van der Waals surface area contributed by atoms with Crippen LogP contribution in [0.2, 0.25) is 5.02 Å². The number of carbonyl (C=O) groups excluding carboxylic acids is 1. The smallest absolute Gasteiger partial charge is 0.262 e. The van der Waals surface area contributed by atoms with Crippen LogP contribution in [0.15, 0.2) is 36.4 Å². The lowest BCUT2D eigenvalue weighted by Crippen LogP contribution is -2.20. The molecule has 7 heteroatoms. The molecule has 0 aliphatic rings. The molecule has 122 valence electrons. The van der Waals surface area contributed by atoms with Crippen molar-refractivity contribution < 1.29 is 19.0 Å². The third kappa shape index (κ3) is 4.43.